The molecule has 0 saturated carbocycles. The van der Waals surface area contributed by atoms with Crippen molar-refractivity contribution in [2.75, 3.05) is 6.54 Å². The zero-order valence-electron chi connectivity index (χ0n) is 12.9. The maximum absolute atomic E-state index is 12.2. The van der Waals surface area contributed by atoms with Gasteiger partial charge in [-0.15, -0.1) is 11.3 Å². The van der Waals surface area contributed by atoms with Crippen LogP contribution >= 0.6 is 11.3 Å². The summed E-state index contributed by atoms with van der Waals surface area (Å²) in [5.74, 6) is 0.0928. The largest absolute Gasteiger partial charge is 0.355 e. The van der Waals surface area contributed by atoms with E-state index < -0.39 is 16.1 Å². The van der Waals surface area contributed by atoms with Gasteiger partial charge in [0.25, 0.3) is 10.0 Å². The highest BCUT2D eigenvalue weighted by atomic mass is 32.2. The van der Waals surface area contributed by atoms with Gasteiger partial charge in [-0.2, -0.15) is 4.72 Å². The van der Waals surface area contributed by atoms with Gasteiger partial charge in [-0.3, -0.25) is 4.79 Å². The fourth-order valence-corrected chi connectivity index (χ4v) is 4.08. The highest BCUT2D eigenvalue weighted by Crippen LogP contribution is 2.17. The van der Waals surface area contributed by atoms with E-state index in [1.807, 2.05) is 13.8 Å². The monoisotopic (exact) mass is 332 g/mol. The van der Waals surface area contributed by atoms with Crippen LogP contribution in [0.3, 0.4) is 0 Å². The molecule has 0 bridgehead atoms. The van der Waals surface area contributed by atoms with E-state index in [4.69, 9.17) is 0 Å². The second-order valence-electron chi connectivity index (χ2n) is 5.75. The third-order valence-electron chi connectivity index (χ3n) is 3.01. The molecular weight excluding hydrogens is 308 g/mol. The number of hydrogen-bond acceptors (Lipinski definition) is 4. The van der Waals surface area contributed by atoms with E-state index in [0.29, 0.717) is 12.5 Å². The van der Waals surface area contributed by atoms with Crippen LogP contribution in [0.1, 0.15) is 34.1 Å². The molecule has 0 radical (unpaired) electrons. The highest BCUT2D eigenvalue weighted by Gasteiger charge is 2.28. The molecule has 1 amide bonds. The lowest BCUT2D eigenvalue weighted by Crippen LogP contribution is -2.49. The summed E-state index contributed by atoms with van der Waals surface area (Å²) in [5, 5.41) is 4.50. The molecule has 0 spiro atoms. The predicted molar refractivity (Wildman–Crippen MR) is 85.7 cm³/mol. The van der Waals surface area contributed by atoms with Gasteiger partial charge in [-0.1, -0.05) is 33.8 Å². The van der Waals surface area contributed by atoms with Gasteiger partial charge in [0.2, 0.25) is 5.91 Å². The van der Waals surface area contributed by atoms with E-state index in [1.54, 1.807) is 11.4 Å². The van der Waals surface area contributed by atoms with E-state index in [-0.39, 0.29) is 16.0 Å². The molecule has 0 unspecified atom stereocenters. The number of rotatable bonds is 8. The van der Waals surface area contributed by atoms with E-state index >= 15 is 0 Å². The third kappa shape index (κ3) is 5.76. The number of hydrogen-bond donors (Lipinski definition) is 2. The third-order valence-corrected chi connectivity index (χ3v) is 5.85. The Morgan fingerprint density at radius 1 is 1.29 bits per heavy atom. The molecule has 120 valence electrons. The molecule has 0 aliphatic heterocycles. The van der Waals surface area contributed by atoms with Crippen molar-refractivity contribution in [2.24, 2.45) is 11.8 Å². The molecule has 1 atom stereocenters. The van der Waals surface area contributed by atoms with Crippen molar-refractivity contribution in [1.29, 1.82) is 0 Å². The average Bonchev–Trinajstić information content (AvgIpc) is 2.89. The van der Waals surface area contributed by atoms with Crippen LogP contribution in [0.4, 0.5) is 0 Å². The number of amides is 1. The van der Waals surface area contributed by atoms with E-state index in [1.165, 1.54) is 6.07 Å². The molecule has 7 heteroatoms. The number of nitrogens with one attached hydrogen (secondary N) is 2. The fourth-order valence-electron chi connectivity index (χ4n) is 1.73. The second kappa shape index (κ2) is 7.91. The van der Waals surface area contributed by atoms with Crippen molar-refractivity contribution < 1.29 is 13.2 Å². The van der Waals surface area contributed by atoms with Gasteiger partial charge in [0.1, 0.15) is 10.3 Å². The number of sulfonamides is 1. The van der Waals surface area contributed by atoms with Crippen LogP contribution in [0.15, 0.2) is 21.7 Å². The summed E-state index contributed by atoms with van der Waals surface area (Å²) in [6, 6.07) is 2.44. The van der Waals surface area contributed by atoms with Crippen LogP contribution in [0, 0.1) is 11.8 Å². The minimum absolute atomic E-state index is 0.126. The van der Waals surface area contributed by atoms with Crippen molar-refractivity contribution in [3.8, 4) is 0 Å². The molecule has 1 aromatic rings. The molecule has 1 rings (SSSR count). The summed E-state index contributed by atoms with van der Waals surface area (Å²) in [5.41, 5.74) is 0. The molecule has 0 fully saturated rings. The van der Waals surface area contributed by atoms with Gasteiger partial charge >= 0.3 is 0 Å². The first-order valence-corrected chi connectivity index (χ1v) is 9.44. The minimum atomic E-state index is -3.64. The lowest BCUT2D eigenvalue weighted by Gasteiger charge is -2.21. The summed E-state index contributed by atoms with van der Waals surface area (Å²) in [4.78, 5) is 12.2. The van der Waals surface area contributed by atoms with Crippen molar-refractivity contribution in [1.82, 2.24) is 10.0 Å². The van der Waals surface area contributed by atoms with Crippen molar-refractivity contribution in [3.63, 3.8) is 0 Å². The quantitative estimate of drug-likeness (QED) is 0.766. The molecule has 2 N–H and O–H groups in total. The maximum Gasteiger partial charge on any atom is 0.250 e. The Hall–Kier alpha value is -0.920. The summed E-state index contributed by atoms with van der Waals surface area (Å²) in [7, 11) is -3.64. The van der Waals surface area contributed by atoms with Crippen molar-refractivity contribution in [2.45, 2.75) is 44.4 Å². The first kappa shape index (κ1) is 18.1. The van der Waals surface area contributed by atoms with Crippen LogP contribution in [-0.4, -0.2) is 26.9 Å². The molecule has 0 saturated heterocycles. The van der Waals surface area contributed by atoms with Crippen LogP contribution in [0.25, 0.3) is 0 Å². The van der Waals surface area contributed by atoms with Gasteiger partial charge in [-0.25, -0.2) is 8.42 Å². The van der Waals surface area contributed by atoms with Crippen molar-refractivity contribution in [3.05, 3.63) is 17.5 Å². The highest BCUT2D eigenvalue weighted by molar-refractivity contribution is 7.91. The second-order valence-corrected chi connectivity index (χ2v) is 8.64. The lowest BCUT2D eigenvalue weighted by molar-refractivity contribution is -0.123. The summed E-state index contributed by atoms with van der Waals surface area (Å²) in [6.45, 7) is 8.35. The van der Waals surface area contributed by atoms with Gasteiger partial charge in [0.15, 0.2) is 0 Å². The summed E-state index contributed by atoms with van der Waals surface area (Å²) < 4.78 is 27.2. The molecular formula is C14H24N2O3S2. The van der Waals surface area contributed by atoms with Gasteiger partial charge in [-0.05, 0) is 29.7 Å². The zero-order chi connectivity index (χ0) is 16.0. The minimum Gasteiger partial charge on any atom is -0.355 e. The molecule has 1 aromatic heterocycles. The smallest absolute Gasteiger partial charge is 0.250 e. The van der Waals surface area contributed by atoms with Gasteiger partial charge in [0.05, 0.1) is 0 Å². The van der Waals surface area contributed by atoms with Crippen LogP contribution in [0.5, 0.6) is 0 Å². The van der Waals surface area contributed by atoms with E-state index in [0.717, 1.165) is 17.8 Å². The maximum atomic E-state index is 12.2. The first-order valence-electron chi connectivity index (χ1n) is 7.07. The lowest BCUT2D eigenvalue weighted by atomic mass is 10.0. The fraction of sp³-hybridized carbons (Fsp3) is 0.643. The number of thiophene rings is 1. The van der Waals surface area contributed by atoms with E-state index in [2.05, 4.69) is 23.9 Å². The average molecular weight is 332 g/mol. The molecule has 0 aliphatic carbocycles. The molecule has 0 aliphatic rings. The number of carbonyl (C=O) groups excluding carboxylic acids is 1. The van der Waals surface area contributed by atoms with Crippen LogP contribution in [0.2, 0.25) is 0 Å². The molecule has 21 heavy (non-hydrogen) atoms. The Kier molecular flexibility index (Phi) is 6.83. The Bertz CT molecular complexity index is 537. The Morgan fingerprint density at radius 3 is 2.43 bits per heavy atom. The van der Waals surface area contributed by atoms with Crippen LogP contribution in [-0.2, 0) is 14.8 Å². The Balaban J connectivity index is 2.72. The first-order chi connectivity index (χ1) is 9.74. The Labute approximate surface area is 131 Å². The number of carbonyl (C=O) groups is 1. The Morgan fingerprint density at radius 2 is 1.95 bits per heavy atom. The zero-order valence-corrected chi connectivity index (χ0v) is 14.6. The van der Waals surface area contributed by atoms with Gasteiger partial charge < -0.3 is 5.32 Å². The molecule has 0 aromatic carbocycles. The SMILES string of the molecule is CC(C)CCNC(=O)[C@@H](NS(=O)(=O)c1cccs1)C(C)C. The standard InChI is InChI=1S/C14H24N2O3S2/c1-10(2)7-8-15-14(17)13(11(3)4)16-21(18,19)12-6-5-9-20-12/h5-6,9-11,13,16H,7-8H2,1-4H3,(H,15,17)/t13-/m0/s1. The topological polar surface area (TPSA) is 75.3 Å². The predicted octanol–water partition coefficient (Wildman–Crippen LogP) is 2.21. The summed E-state index contributed by atoms with van der Waals surface area (Å²) >= 11 is 1.13. The normalized spacial score (nSPS) is 13.6. The van der Waals surface area contributed by atoms with Crippen molar-refractivity contribution >= 4 is 27.3 Å². The molecule has 1 heterocycles. The van der Waals surface area contributed by atoms with Gasteiger partial charge in [0, 0.05) is 6.54 Å². The van der Waals surface area contributed by atoms with Crippen LogP contribution < -0.4 is 10.0 Å². The summed E-state index contributed by atoms with van der Waals surface area (Å²) in [6.07, 6.45) is 0.869. The molecule has 5 nitrogen and oxygen atoms in total. The van der Waals surface area contributed by atoms with E-state index in [9.17, 15) is 13.2 Å².